The Hall–Kier alpha value is -1.13. The topological polar surface area (TPSA) is 40.7 Å². The van der Waals surface area contributed by atoms with Gasteiger partial charge in [0, 0.05) is 22.8 Å². The van der Waals surface area contributed by atoms with Crippen LogP contribution in [0.2, 0.25) is 0 Å². The highest BCUT2D eigenvalue weighted by Gasteiger charge is 2.09. The summed E-state index contributed by atoms with van der Waals surface area (Å²) in [7, 11) is 0. The first kappa shape index (κ1) is 12.3. The molecule has 0 aliphatic heterocycles. The first-order chi connectivity index (χ1) is 8.18. The van der Waals surface area contributed by atoms with E-state index in [9.17, 15) is 0 Å². The molecule has 0 aliphatic rings. The smallest absolute Gasteiger partial charge is 0.0925 e. The SMILES string of the molecule is Cc1[nH]cnc1CNC(C)c1ccccc1Br. The Morgan fingerprint density at radius 1 is 1.41 bits per heavy atom. The van der Waals surface area contributed by atoms with Crippen LogP contribution < -0.4 is 5.32 Å². The number of aryl methyl sites for hydroxylation is 1. The minimum atomic E-state index is 0.293. The number of benzene rings is 1. The van der Waals surface area contributed by atoms with Crippen LogP contribution >= 0.6 is 15.9 Å². The number of hydrogen-bond donors (Lipinski definition) is 2. The molecule has 2 N–H and O–H groups in total. The summed E-state index contributed by atoms with van der Waals surface area (Å²) in [5.41, 5.74) is 3.46. The molecule has 2 aromatic rings. The summed E-state index contributed by atoms with van der Waals surface area (Å²) < 4.78 is 1.14. The molecule has 0 bridgehead atoms. The quantitative estimate of drug-likeness (QED) is 0.908. The van der Waals surface area contributed by atoms with Crippen LogP contribution in [0.4, 0.5) is 0 Å². The lowest BCUT2D eigenvalue weighted by Crippen LogP contribution is -2.19. The second-order valence-electron chi connectivity index (χ2n) is 4.10. The van der Waals surface area contributed by atoms with E-state index in [2.05, 4.69) is 56.3 Å². The highest BCUT2D eigenvalue weighted by molar-refractivity contribution is 9.10. The van der Waals surface area contributed by atoms with Gasteiger partial charge >= 0.3 is 0 Å². The number of nitrogens with zero attached hydrogens (tertiary/aromatic N) is 1. The van der Waals surface area contributed by atoms with Gasteiger partial charge in [-0.05, 0) is 25.5 Å². The van der Waals surface area contributed by atoms with E-state index in [1.807, 2.05) is 13.0 Å². The van der Waals surface area contributed by atoms with Crippen molar-refractivity contribution in [3.05, 3.63) is 52.0 Å². The maximum Gasteiger partial charge on any atom is 0.0925 e. The van der Waals surface area contributed by atoms with Crippen molar-refractivity contribution >= 4 is 15.9 Å². The fraction of sp³-hybridized carbons (Fsp3) is 0.308. The second-order valence-corrected chi connectivity index (χ2v) is 4.95. The number of hydrogen-bond acceptors (Lipinski definition) is 2. The Labute approximate surface area is 110 Å². The van der Waals surface area contributed by atoms with Crippen LogP contribution in [0.1, 0.15) is 29.9 Å². The summed E-state index contributed by atoms with van der Waals surface area (Å²) in [4.78, 5) is 7.36. The summed E-state index contributed by atoms with van der Waals surface area (Å²) in [6.07, 6.45) is 1.73. The molecule has 0 amide bonds. The lowest BCUT2D eigenvalue weighted by molar-refractivity contribution is 0.565. The molecule has 0 aliphatic carbocycles. The van der Waals surface area contributed by atoms with Gasteiger partial charge in [-0.15, -0.1) is 0 Å². The number of aromatic nitrogens is 2. The van der Waals surface area contributed by atoms with Gasteiger partial charge in [0.15, 0.2) is 0 Å². The molecule has 90 valence electrons. The molecule has 0 radical (unpaired) electrons. The first-order valence-corrected chi connectivity index (χ1v) is 6.44. The molecule has 1 aromatic carbocycles. The molecule has 1 atom stereocenters. The molecule has 0 saturated carbocycles. The van der Waals surface area contributed by atoms with Crippen molar-refractivity contribution in [2.24, 2.45) is 0 Å². The molecule has 4 heteroatoms. The highest BCUT2D eigenvalue weighted by atomic mass is 79.9. The fourth-order valence-electron chi connectivity index (χ4n) is 1.75. The van der Waals surface area contributed by atoms with Gasteiger partial charge in [-0.2, -0.15) is 0 Å². The van der Waals surface area contributed by atoms with Crippen molar-refractivity contribution in [1.82, 2.24) is 15.3 Å². The first-order valence-electron chi connectivity index (χ1n) is 5.65. The van der Waals surface area contributed by atoms with Crippen molar-refractivity contribution in [2.75, 3.05) is 0 Å². The Morgan fingerprint density at radius 3 is 2.82 bits per heavy atom. The van der Waals surface area contributed by atoms with E-state index >= 15 is 0 Å². The van der Waals surface area contributed by atoms with Crippen molar-refractivity contribution in [1.29, 1.82) is 0 Å². The van der Waals surface area contributed by atoms with Crippen LogP contribution in [-0.2, 0) is 6.54 Å². The van der Waals surface area contributed by atoms with E-state index < -0.39 is 0 Å². The fourth-order valence-corrected chi connectivity index (χ4v) is 2.38. The van der Waals surface area contributed by atoms with Crippen LogP contribution in [-0.4, -0.2) is 9.97 Å². The number of nitrogens with one attached hydrogen (secondary N) is 2. The van der Waals surface area contributed by atoms with E-state index in [-0.39, 0.29) is 0 Å². The predicted molar refractivity (Wildman–Crippen MR) is 72.7 cm³/mol. The summed E-state index contributed by atoms with van der Waals surface area (Å²) in [6, 6.07) is 8.56. The summed E-state index contributed by atoms with van der Waals surface area (Å²) in [6.45, 7) is 4.97. The summed E-state index contributed by atoms with van der Waals surface area (Å²) in [5.74, 6) is 0. The predicted octanol–water partition coefficient (Wildman–Crippen LogP) is 3.33. The molecule has 0 fully saturated rings. The van der Waals surface area contributed by atoms with Gasteiger partial charge < -0.3 is 10.3 Å². The molecule has 3 nitrogen and oxygen atoms in total. The number of rotatable bonds is 4. The monoisotopic (exact) mass is 293 g/mol. The average Bonchev–Trinajstić information content (AvgIpc) is 2.72. The highest BCUT2D eigenvalue weighted by Crippen LogP contribution is 2.22. The molecule has 2 rings (SSSR count). The van der Waals surface area contributed by atoms with Crippen LogP contribution in [0.25, 0.3) is 0 Å². The van der Waals surface area contributed by atoms with E-state index in [1.54, 1.807) is 6.33 Å². The summed E-state index contributed by atoms with van der Waals surface area (Å²) >= 11 is 3.57. The molecular weight excluding hydrogens is 278 g/mol. The van der Waals surface area contributed by atoms with E-state index in [0.717, 1.165) is 22.4 Å². The Bertz CT molecular complexity index is 493. The van der Waals surface area contributed by atoms with Gasteiger partial charge in [0.2, 0.25) is 0 Å². The summed E-state index contributed by atoms with van der Waals surface area (Å²) in [5, 5.41) is 3.47. The van der Waals surface area contributed by atoms with Crippen LogP contribution in [0.5, 0.6) is 0 Å². The zero-order chi connectivity index (χ0) is 12.3. The van der Waals surface area contributed by atoms with E-state index in [1.165, 1.54) is 5.56 Å². The van der Waals surface area contributed by atoms with Gasteiger partial charge in [-0.1, -0.05) is 34.1 Å². The largest absolute Gasteiger partial charge is 0.348 e. The van der Waals surface area contributed by atoms with E-state index in [0.29, 0.717) is 6.04 Å². The van der Waals surface area contributed by atoms with E-state index in [4.69, 9.17) is 0 Å². The van der Waals surface area contributed by atoms with Crippen LogP contribution in [0.3, 0.4) is 0 Å². The standard InChI is InChI=1S/C13H16BrN3/c1-9(11-5-3-4-6-12(11)14)15-7-13-10(2)16-8-17-13/h3-6,8-9,15H,7H2,1-2H3,(H,16,17). The third-order valence-electron chi connectivity index (χ3n) is 2.88. The minimum Gasteiger partial charge on any atom is -0.348 e. The Balaban J connectivity index is 2.01. The molecule has 1 unspecified atom stereocenters. The molecule has 1 aromatic heterocycles. The van der Waals surface area contributed by atoms with Crippen molar-refractivity contribution in [3.8, 4) is 0 Å². The molecule has 17 heavy (non-hydrogen) atoms. The van der Waals surface area contributed by atoms with Gasteiger partial charge in [0.05, 0.1) is 12.0 Å². The molecule has 0 saturated heterocycles. The third-order valence-corrected chi connectivity index (χ3v) is 3.60. The lowest BCUT2D eigenvalue weighted by atomic mass is 10.1. The second kappa shape index (κ2) is 5.47. The Morgan fingerprint density at radius 2 is 2.18 bits per heavy atom. The normalized spacial score (nSPS) is 12.6. The molecule has 1 heterocycles. The minimum absolute atomic E-state index is 0.293. The maximum atomic E-state index is 4.27. The third kappa shape index (κ3) is 2.96. The molecule has 0 spiro atoms. The average molecular weight is 294 g/mol. The maximum absolute atomic E-state index is 4.27. The van der Waals surface area contributed by atoms with Crippen LogP contribution in [0, 0.1) is 6.92 Å². The number of halogens is 1. The van der Waals surface area contributed by atoms with Gasteiger partial charge in [0.1, 0.15) is 0 Å². The zero-order valence-electron chi connectivity index (χ0n) is 10.00. The number of imidazole rings is 1. The number of H-pyrrole nitrogens is 1. The van der Waals surface area contributed by atoms with Crippen LogP contribution in [0.15, 0.2) is 35.1 Å². The zero-order valence-corrected chi connectivity index (χ0v) is 11.6. The van der Waals surface area contributed by atoms with Crippen molar-refractivity contribution < 1.29 is 0 Å². The van der Waals surface area contributed by atoms with Gasteiger partial charge in [0.25, 0.3) is 0 Å². The van der Waals surface area contributed by atoms with Gasteiger partial charge in [-0.3, -0.25) is 0 Å². The van der Waals surface area contributed by atoms with Crippen molar-refractivity contribution in [2.45, 2.75) is 26.4 Å². The number of aromatic amines is 1. The van der Waals surface area contributed by atoms with Gasteiger partial charge in [-0.25, -0.2) is 4.98 Å². The lowest BCUT2D eigenvalue weighted by Gasteiger charge is -2.15. The van der Waals surface area contributed by atoms with Crippen molar-refractivity contribution in [3.63, 3.8) is 0 Å². The molecular formula is C13H16BrN3. The Kier molecular flexibility index (Phi) is 3.97.